The minimum absolute atomic E-state index is 0.161. The molecule has 114 valence electrons. The molecule has 1 unspecified atom stereocenters. The molecule has 1 atom stereocenters. The molecule has 0 bridgehead atoms. The van der Waals surface area contributed by atoms with Gasteiger partial charge in [-0.2, -0.15) is 0 Å². The van der Waals surface area contributed by atoms with Crippen LogP contribution in [0.2, 0.25) is 0 Å². The summed E-state index contributed by atoms with van der Waals surface area (Å²) in [4.78, 5) is 25.0. The van der Waals surface area contributed by atoms with Crippen molar-refractivity contribution in [2.75, 3.05) is 0 Å². The molecule has 1 aromatic heterocycles. The number of fused-ring (bicyclic) bond motifs is 1. The number of hydrogen-bond acceptors (Lipinski definition) is 4. The molecule has 1 aromatic carbocycles. The third-order valence-electron chi connectivity index (χ3n) is 3.74. The summed E-state index contributed by atoms with van der Waals surface area (Å²) in [5.41, 5.74) is 1.89. The molecule has 0 fully saturated rings. The Labute approximate surface area is 130 Å². The molecule has 1 N–H and O–H groups in total. The van der Waals surface area contributed by atoms with Crippen LogP contribution in [0, 0.1) is 12.7 Å². The maximum Gasteiger partial charge on any atom is 0.506 e. The van der Waals surface area contributed by atoms with Crippen molar-refractivity contribution in [3.05, 3.63) is 56.5 Å². The van der Waals surface area contributed by atoms with Crippen LogP contribution in [0.4, 0.5) is 9.18 Å². The molecular formula is C16H13FO4S. The highest BCUT2D eigenvalue weighted by molar-refractivity contribution is 7.12. The predicted molar refractivity (Wildman–Crippen MR) is 79.1 cm³/mol. The van der Waals surface area contributed by atoms with Crippen molar-refractivity contribution in [1.82, 2.24) is 0 Å². The Kier molecular flexibility index (Phi) is 3.70. The van der Waals surface area contributed by atoms with Crippen molar-refractivity contribution in [3.63, 3.8) is 0 Å². The van der Waals surface area contributed by atoms with Crippen LogP contribution in [-0.4, -0.2) is 17.0 Å². The number of aryl methyl sites for hydroxylation is 1. The second-order valence-electron chi connectivity index (χ2n) is 5.12. The lowest BCUT2D eigenvalue weighted by atomic mass is 9.99. The van der Waals surface area contributed by atoms with E-state index < -0.39 is 18.1 Å². The van der Waals surface area contributed by atoms with Gasteiger partial charge in [0, 0.05) is 20.9 Å². The highest BCUT2D eigenvalue weighted by atomic mass is 32.1. The Morgan fingerprint density at radius 1 is 1.32 bits per heavy atom. The molecule has 0 aliphatic heterocycles. The van der Waals surface area contributed by atoms with E-state index in [1.165, 1.54) is 35.6 Å². The smallest absolute Gasteiger partial charge is 0.450 e. The molecule has 0 radical (unpaired) electrons. The zero-order valence-electron chi connectivity index (χ0n) is 11.8. The quantitative estimate of drug-likeness (QED) is 0.683. The highest BCUT2D eigenvalue weighted by Gasteiger charge is 2.33. The molecule has 0 spiro atoms. The molecule has 4 nitrogen and oxygen atoms in total. The summed E-state index contributed by atoms with van der Waals surface area (Å²) in [6, 6.07) is 5.43. The zero-order valence-corrected chi connectivity index (χ0v) is 12.6. The molecular weight excluding hydrogens is 307 g/mol. The van der Waals surface area contributed by atoms with E-state index in [1.54, 1.807) is 0 Å². The van der Waals surface area contributed by atoms with Crippen LogP contribution in [0.25, 0.3) is 0 Å². The largest absolute Gasteiger partial charge is 0.506 e. The van der Waals surface area contributed by atoms with Crippen LogP contribution >= 0.6 is 11.3 Å². The van der Waals surface area contributed by atoms with Crippen LogP contribution < -0.4 is 0 Å². The van der Waals surface area contributed by atoms with Gasteiger partial charge in [0.25, 0.3) is 0 Å². The van der Waals surface area contributed by atoms with E-state index in [9.17, 15) is 14.0 Å². The first-order valence-corrected chi connectivity index (χ1v) is 7.61. The van der Waals surface area contributed by atoms with Crippen LogP contribution in [0.3, 0.4) is 0 Å². The summed E-state index contributed by atoms with van der Waals surface area (Å²) in [6.45, 7) is 1.83. The second-order valence-corrected chi connectivity index (χ2v) is 6.38. The first-order chi connectivity index (χ1) is 10.5. The van der Waals surface area contributed by atoms with Gasteiger partial charge in [0.1, 0.15) is 11.9 Å². The summed E-state index contributed by atoms with van der Waals surface area (Å²) in [5.74, 6) is -0.551. The number of carbonyl (C=O) groups excluding carboxylic acids is 1. The molecule has 0 saturated carbocycles. The van der Waals surface area contributed by atoms with Crippen molar-refractivity contribution in [2.24, 2.45) is 0 Å². The van der Waals surface area contributed by atoms with E-state index in [0.717, 1.165) is 15.3 Å². The Morgan fingerprint density at radius 2 is 2.00 bits per heavy atom. The first kappa shape index (κ1) is 14.7. The van der Waals surface area contributed by atoms with Crippen molar-refractivity contribution >= 4 is 23.3 Å². The summed E-state index contributed by atoms with van der Waals surface area (Å²) >= 11 is 1.40. The van der Waals surface area contributed by atoms with Gasteiger partial charge < -0.3 is 9.84 Å². The van der Waals surface area contributed by atoms with Crippen LogP contribution in [-0.2, 0) is 11.2 Å². The monoisotopic (exact) mass is 320 g/mol. The van der Waals surface area contributed by atoms with Gasteiger partial charge in [0.2, 0.25) is 0 Å². The Morgan fingerprint density at radius 3 is 2.64 bits per heavy atom. The fourth-order valence-corrected chi connectivity index (χ4v) is 4.08. The minimum atomic E-state index is -1.31. The van der Waals surface area contributed by atoms with Crippen LogP contribution in [0.5, 0.6) is 0 Å². The number of carboxylic acid groups (broad SMARTS) is 1. The third kappa shape index (κ3) is 2.50. The summed E-state index contributed by atoms with van der Waals surface area (Å²) in [7, 11) is 0. The minimum Gasteiger partial charge on any atom is -0.450 e. The van der Waals surface area contributed by atoms with Crippen LogP contribution in [0.1, 0.15) is 43.8 Å². The molecule has 3 rings (SSSR count). The second kappa shape index (κ2) is 5.53. The van der Waals surface area contributed by atoms with Gasteiger partial charge in [0.15, 0.2) is 5.78 Å². The molecule has 0 amide bonds. The van der Waals surface area contributed by atoms with E-state index >= 15 is 0 Å². The maximum absolute atomic E-state index is 13.0. The SMILES string of the molecule is Cc1sc2c(c1C(=O)c1ccc(F)cc1)CCC2OC(=O)O. The van der Waals surface area contributed by atoms with E-state index in [-0.39, 0.29) is 5.78 Å². The Balaban J connectivity index is 1.97. The number of rotatable bonds is 3. The lowest BCUT2D eigenvalue weighted by molar-refractivity contribution is 0.0532. The fourth-order valence-electron chi connectivity index (χ4n) is 2.80. The Bertz CT molecular complexity index is 748. The molecule has 2 aromatic rings. The molecule has 22 heavy (non-hydrogen) atoms. The van der Waals surface area contributed by atoms with Gasteiger partial charge in [-0.1, -0.05) is 0 Å². The lowest BCUT2D eigenvalue weighted by Crippen LogP contribution is -2.05. The highest BCUT2D eigenvalue weighted by Crippen LogP contribution is 2.43. The number of ether oxygens (including phenoxy) is 1. The standard InChI is InChI=1S/C16H13FO4S/c1-8-13(14(18)9-2-4-10(17)5-3-9)11-6-7-12(15(11)22-8)21-16(19)20/h2-5,12H,6-7H2,1H3,(H,19,20). The number of benzene rings is 1. The molecule has 6 heteroatoms. The number of thiophene rings is 1. The van der Waals surface area contributed by atoms with Gasteiger partial charge in [-0.25, -0.2) is 9.18 Å². The van der Waals surface area contributed by atoms with Gasteiger partial charge in [-0.15, -0.1) is 11.3 Å². The van der Waals surface area contributed by atoms with Crippen LogP contribution in [0.15, 0.2) is 24.3 Å². The summed E-state index contributed by atoms with van der Waals surface area (Å²) < 4.78 is 17.9. The van der Waals surface area contributed by atoms with E-state index in [0.29, 0.717) is 24.0 Å². The third-order valence-corrected chi connectivity index (χ3v) is 4.98. The average molecular weight is 320 g/mol. The fraction of sp³-hybridized carbons (Fsp3) is 0.250. The van der Waals surface area contributed by atoms with Crippen molar-refractivity contribution in [3.8, 4) is 0 Å². The number of ketones is 1. The molecule has 0 saturated heterocycles. The molecule has 1 aliphatic rings. The predicted octanol–water partition coefficient (Wildman–Crippen LogP) is 4.11. The Hall–Kier alpha value is -2.21. The van der Waals surface area contributed by atoms with Crippen molar-refractivity contribution in [1.29, 1.82) is 0 Å². The molecule has 1 heterocycles. The first-order valence-electron chi connectivity index (χ1n) is 6.79. The summed E-state index contributed by atoms with van der Waals surface area (Å²) in [6.07, 6.45) is -0.640. The topological polar surface area (TPSA) is 63.6 Å². The normalized spacial score (nSPS) is 16.4. The van der Waals surface area contributed by atoms with Gasteiger partial charge >= 0.3 is 6.16 Å². The molecule has 1 aliphatic carbocycles. The van der Waals surface area contributed by atoms with E-state index in [1.807, 2.05) is 6.92 Å². The number of halogens is 1. The van der Waals surface area contributed by atoms with Gasteiger partial charge in [-0.3, -0.25) is 4.79 Å². The van der Waals surface area contributed by atoms with Crippen molar-refractivity contribution in [2.45, 2.75) is 25.9 Å². The maximum atomic E-state index is 13.0. The number of carbonyl (C=O) groups is 2. The zero-order chi connectivity index (χ0) is 15.9. The van der Waals surface area contributed by atoms with E-state index in [4.69, 9.17) is 9.84 Å². The van der Waals surface area contributed by atoms with E-state index in [2.05, 4.69) is 0 Å². The summed E-state index contributed by atoms with van der Waals surface area (Å²) in [5, 5.41) is 8.77. The number of hydrogen-bond donors (Lipinski definition) is 1. The average Bonchev–Trinajstić information content (AvgIpc) is 2.97. The van der Waals surface area contributed by atoms with Crippen molar-refractivity contribution < 1.29 is 23.8 Å². The lowest BCUT2D eigenvalue weighted by Gasteiger charge is -2.07. The van der Waals surface area contributed by atoms with Gasteiger partial charge in [0.05, 0.1) is 0 Å². The van der Waals surface area contributed by atoms with Gasteiger partial charge in [-0.05, 0) is 49.6 Å².